The molecular weight excluding hydrogens is 266 g/mol. The van der Waals surface area contributed by atoms with E-state index in [2.05, 4.69) is 11.8 Å². The van der Waals surface area contributed by atoms with Gasteiger partial charge in [-0.15, -0.1) is 0 Å². The van der Waals surface area contributed by atoms with E-state index < -0.39 is 0 Å². The predicted octanol–water partition coefficient (Wildman–Crippen LogP) is 1.19. The van der Waals surface area contributed by atoms with Crippen molar-refractivity contribution in [1.82, 2.24) is 14.7 Å². The van der Waals surface area contributed by atoms with Crippen molar-refractivity contribution in [2.75, 3.05) is 39.3 Å². The Kier molecular flexibility index (Phi) is 5.62. The van der Waals surface area contributed by atoms with Crippen LogP contribution in [0.15, 0.2) is 0 Å². The van der Waals surface area contributed by atoms with E-state index in [1.165, 1.54) is 0 Å². The third-order valence-electron chi connectivity index (χ3n) is 4.98. The Balaban J connectivity index is 1.88. The van der Waals surface area contributed by atoms with Crippen LogP contribution in [0.4, 0.5) is 0 Å². The van der Waals surface area contributed by atoms with Crippen LogP contribution in [0.2, 0.25) is 0 Å². The zero-order chi connectivity index (χ0) is 15.4. The Labute approximate surface area is 128 Å². The third kappa shape index (κ3) is 4.19. The molecule has 1 unspecified atom stereocenters. The third-order valence-corrected chi connectivity index (χ3v) is 4.98. The van der Waals surface area contributed by atoms with Gasteiger partial charge in [-0.3, -0.25) is 14.5 Å². The molecule has 0 aromatic rings. The lowest BCUT2D eigenvalue weighted by atomic mass is 9.98. The van der Waals surface area contributed by atoms with Crippen molar-refractivity contribution in [2.45, 2.75) is 46.1 Å². The van der Waals surface area contributed by atoms with E-state index in [1.807, 2.05) is 16.7 Å². The number of hydrogen-bond acceptors (Lipinski definition) is 3. The SMILES string of the molecule is CC(=O)N1CCCN(C(C)C(=O)N2CCC(C)CC2)CC1. The van der Waals surface area contributed by atoms with Crippen LogP contribution in [0, 0.1) is 5.92 Å². The van der Waals surface area contributed by atoms with Crippen molar-refractivity contribution in [3.63, 3.8) is 0 Å². The fraction of sp³-hybridized carbons (Fsp3) is 0.875. The molecular formula is C16H29N3O2. The molecule has 2 aliphatic heterocycles. The fourth-order valence-electron chi connectivity index (χ4n) is 3.29. The smallest absolute Gasteiger partial charge is 0.239 e. The van der Waals surface area contributed by atoms with Crippen molar-refractivity contribution in [2.24, 2.45) is 5.92 Å². The second-order valence-corrected chi connectivity index (χ2v) is 6.58. The lowest BCUT2D eigenvalue weighted by molar-refractivity contribution is -0.137. The summed E-state index contributed by atoms with van der Waals surface area (Å²) in [6.07, 6.45) is 3.20. The molecule has 0 aromatic carbocycles. The van der Waals surface area contributed by atoms with E-state index in [4.69, 9.17) is 0 Å². The first-order valence-corrected chi connectivity index (χ1v) is 8.27. The molecule has 0 aliphatic carbocycles. The van der Waals surface area contributed by atoms with Gasteiger partial charge in [0, 0.05) is 46.2 Å². The molecule has 2 heterocycles. The molecule has 0 spiro atoms. The molecule has 21 heavy (non-hydrogen) atoms. The number of nitrogens with zero attached hydrogens (tertiary/aromatic N) is 3. The Morgan fingerprint density at radius 2 is 1.62 bits per heavy atom. The van der Waals surface area contributed by atoms with E-state index in [0.29, 0.717) is 0 Å². The molecule has 0 N–H and O–H groups in total. The summed E-state index contributed by atoms with van der Waals surface area (Å²) < 4.78 is 0. The molecule has 0 saturated carbocycles. The minimum absolute atomic E-state index is 0.0645. The van der Waals surface area contributed by atoms with Crippen LogP contribution in [0.1, 0.15) is 40.0 Å². The highest BCUT2D eigenvalue weighted by molar-refractivity contribution is 5.81. The van der Waals surface area contributed by atoms with Crippen LogP contribution < -0.4 is 0 Å². The molecule has 5 heteroatoms. The average Bonchev–Trinajstić information content (AvgIpc) is 2.72. The minimum atomic E-state index is -0.0645. The van der Waals surface area contributed by atoms with Gasteiger partial charge in [0.15, 0.2) is 0 Å². The monoisotopic (exact) mass is 295 g/mol. The number of likely N-dealkylation sites (tertiary alicyclic amines) is 1. The zero-order valence-electron chi connectivity index (χ0n) is 13.7. The maximum Gasteiger partial charge on any atom is 0.239 e. The van der Waals surface area contributed by atoms with E-state index in [0.717, 1.165) is 64.4 Å². The van der Waals surface area contributed by atoms with Crippen LogP contribution in [0.3, 0.4) is 0 Å². The predicted molar refractivity (Wildman–Crippen MR) is 82.9 cm³/mol. The van der Waals surface area contributed by atoms with Crippen molar-refractivity contribution in [3.8, 4) is 0 Å². The molecule has 2 rings (SSSR count). The van der Waals surface area contributed by atoms with E-state index >= 15 is 0 Å². The summed E-state index contributed by atoms with van der Waals surface area (Å²) in [5.41, 5.74) is 0. The topological polar surface area (TPSA) is 43.9 Å². The van der Waals surface area contributed by atoms with Crippen molar-refractivity contribution >= 4 is 11.8 Å². The Hall–Kier alpha value is -1.10. The lowest BCUT2D eigenvalue weighted by Crippen LogP contribution is -2.50. The van der Waals surface area contributed by atoms with Gasteiger partial charge >= 0.3 is 0 Å². The van der Waals surface area contributed by atoms with Gasteiger partial charge in [-0.2, -0.15) is 0 Å². The normalized spacial score (nSPS) is 23.8. The first-order valence-electron chi connectivity index (χ1n) is 8.27. The minimum Gasteiger partial charge on any atom is -0.342 e. The number of amides is 2. The van der Waals surface area contributed by atoms with Gasteiger partial charge in [-0.1, -0.05) is 6.92 Å². The van der Waals surface area contributed by atoms with Crippen molar-refractivity contribution in [3.05, 3.63) is 0 Å². The molecule has 0 radical (unpaired) electrons. The summed E-state index contributed by atoms with van der Waals surface area (Å²) >= 11 is 0. The molecule has 0 aromatic heterocycles. The molecule has 5 nitrogen and oxygen atoms in total. The molecule has 2 saturated heterocycles. The van der Waals surface area contributed by atoms with Gasteiger partial charge in [-0.05, 0) is 32.1 Å². The average molecular weight is 295 g/mol. The summed E-state index contributed by atoms with van der Waals surface area (Å²) in [7, 11) is 0. The Morgan fingerprint density at radius 1 is 0.952 bits per heavy atom. The number of piperidine rings is 1. The first-order chi connectivity index (χ1) is 9.99. The van der Waals surface area contributed by atoms with Crippen LogP contribution >= 0.6 is 0 Å². The van der Waals surface area contributed by atoms with Crippen LogP contribution in [-0.2, 0) is 9.59 Å². The molecule has 2 aliphatic rings. The van der Waals surface area contributed by atoms with E-state index in [1.54, 1.807) is 6.92 Å². The summed E-state index contributed by atoms with van der Waals surface area (Å²) in [6.45, 7) is 11.0. The summed E-state index contributed by atoms with van der Waals surface area (Å²) in [4.78, 5) is 30.3. The van der Waals surface area contributed by atoms with Crippen molar-refractivity contribution in [1.29, 1.82) is 0 Å². The molecule has 1 atom stereocenters. The highest BCUT2D eigenvalue weighted by Gasteiger charge is 2.29. The molecule has 120 valence electrons. The van der Waals surface area contributed by atoms with Gasteiger partial charge < -0.3 is 9.80 Å². The maximum absolute atomic E-state index is 12.6. The van der Waals surface area contributed by atoms with Gasteiger partial charge in [-0.25, -0.2) is 0 Å². The maximum atomic E-state index is 12.6. The Morgan fingerprint density at radius 3 is 2.24 bits per heavy atom. The number of hydrogen-bond donors (Lipinski definition) is 0. The second-order valence-electron chi connectivity index (χ2n) is 6.58. The first kappa shape index (κ1) is 16.3. The highest BCUT2D eigenvalue weighted by atomic mass is 16.2. The molecule has 2 fully saturated rings. The molecule has 0 bridgehead atoms. The number of rotatable bonds is 2. The van der Waals surface area contributed by atoms with Crippen LogP contribution in [0.25, 0.3) is 0 Å². The highest BCUT2D eigenvalue weighted by Crippen LogP contribution is 2.18. The fourth-order valence-corrected chi connectivity index (χ4v) is 3.29. The summed E-state index contributed by atoms with van der Waals surface area (Å²) in [5.74, 6) is 1.14. The number of carbonyl (C=O) groups is 2. The largest absolute Gasteiger partial charge is 0.342 e. The van der Waals surface area contributed by atoms with Gasteiger partial charge in [0.1, 0.15) is 0 Å². The Bertz CT molecular complexity index is 378. The van der Waals surface area contributed by atoms with Gasteiger partial charge in [0.05, 0.1) is 6.04 Å². The summed E-state index contributed by atoms with van der Waals surface area (Å²) in [6, 6.07) is -0.0645. The standard InChI is InChI=1S/C16H29N3O2/c1-13-5-9-19(10-6-13)16(21)14(2)17-7-4-8-18(12-11-17)15(3)20/h13-14H,4-12H2,1-3H3. The van der Waals surface area contributed by atoms with E-state index in [9.17, 15) is 9.59 Å². The second kappa shape index (κ2) is 7.25. The summed E-state index contributed by atoms with van der Waals surface area (Å²) in [5, 5.41) is 0. The lowest BCUT2D eigenvalue weighted by Gasteiger charge is -2.35. The zero-order valence-corrected chi connectivity index (χ0v) is 13.7. The van der Waals surface area contributed by atoms with Crippen molar-refractivity contribution < 1.29 is 9.59 Å². The van der Waals surface area contributed by atoms with Crippen LogP contribution in [0.5, 0.6) is 0 Å². The molecule has 2 amide bonds. The van der Waals surface area contributed by atoms with Gasteiger partial charge in [0.25, 0.3) is 0 Å². The number of carbonyl (C=O) groups excluding carboxylic acids is 2. The van der Waals surface area contributed by atoms with E-state index in [-0.39, 0.29) is 17.9 Å². The van der Waals surface area contributed by atoms with Crippen LogP contribution in [-0.4, -0.2) is 71.8 Å². The quantitative estimate of drug-likeness (QED) is 0.768. The van der Waals surface area contributed by atoms with Gasteiger partial charge in [0.2, 0.25) is 11.8 Å².